The molecule has 2 aromatic rings. The molecule has 1 amide bonds. The number of rotatable bonds is 6. The third-order valence-electron chi connectivity index (χ3n) is 3.28. The summed E-state index contributed by atoms with van der Waals surface area (Å²) in [6.07, 6.45) is 3.65. The minimum atomic E-state index is -0.589. The van der Waals surface area contributed by atoms with Gasteiger partial charge in [-0.1, -0.05) is 48.9 Å². The van der Waals surface area contributed by atoms with Crippen molar-refractivity contribution in [1.82, 2.24) is 0 Å². The Kier molecular flexibility index (Phi) is 6.58. The van der Waals surface area contributed by atoms with Crippen molar-refractivity contribution in [2.45, 2.75) is 13.3 Å². The number of aryl methyl sites for hydroxylation is 1. The zero-order valence-corrected chi connectivity index (χ0v) is 14.0. The zero-order chi connectivity index (χ0) is 17.4. The first kappa shape index (κ1) is 17.8. The standard InChI is InChI=1S/C19H18ClNO3/c1-2-15-7-3-4-9-17(15)21-18(22)13-24-19(23)11-10-14-6-5-8-16(20)12-14/h3-12H,2,13H2,1H3,(H,21,22)/b11-10+. The van der Waals surface area contributed by atoms with E-state index in [0.717, 1.165) is 23.2 Å². The lowest BCUT2D eigenvalue weighted by Crippen LogP contribution is -2.20. The second kappa shape index (κ2) is 8.89. The van der Waals surface area contributed by atoms with Crippen LogP contribution in [-0.4, -0.2) is 18.5 Å². The Bertz CT molecular complexity index is 756. The Morgan fingerprint density at radius 2 is 1.96 bits per heavy atom. The van der Waals surface area contributed by atoms with Crippen LogP contribution >= 0.6 is 11.6 Å². The van der Waals surface area contributed by atoms with Crippen molar-refractivity contribution in [2.75, 3.05) is 11.9 Å². The van der Waals surface area contributed by atoms with Crippen LogP contribution in [0.4, 0.5) is 5.69 Å². The summed E-state index contributed by atoms with van der Waals surface area (Å²) in [5.41, 5.74) is 2.54. The fraction of sp³-hybridized carbons (Fsp3) is 0.158. The Balaban J connectivity index is 1.84. The second-order valence-electron chi connectivity index (χ2n) is 5.05. The molecule has 0 atom stereocenters. The van der Waals surface area contributed by atoms with Crippen LogP contribution in [-0.2, 0) is 20.7 Å². The van der Waals surface area contributed by atoms with Gasteiger partial charge in [-0.3, -0.25) is 4.79 Å². The van der Waals surface area contributed by atoms with Crippen LogP contribution in [0.3, 0.4) is 0 Å². The molecular weight excluding hydrogens is 326 g/mol. The van der Waals surface area contributed by atoms with Gasteiger partial charge in [-0.05, 0) is 41.8 Å². The van der Waals surface area contributed by atoms with Gasteiger partial charge in [-0.2, -0.15) is 0 Å². The predicted octanol–water partition coefficient (Wildman–Crippen LogP) is 4.10. The van der Waals surface area contributed by atoms with Crippen LogP contribution in [0.5, 0.6) is 0 Å². The number of esters is 1. The molecule has 0 radical (unpaired) electrons. The SMILES string of the molecule is CCc1ccccc1NC(=O)COC(=O)/C=C/c1cccc(Cl)c1. The van der Waals surface area contributed by atoms with E-state index in [0.29, 0.717) is 5.02 Å². The number of carbonyl (C=O) groups is 2. The maximum atomic E-state index is 11.9. The summed E-state index contributed by atoms with van der Waals surface area (Å²) < 4.78 is 4.93. The Labute approximate surface area is 146 Å². The van der Waals surface area contributed by atoms with E-state index in [-0.39, 0.29) is 12.5 Å². The van der Waals surface area contributed by atoms with E-state index in [9.17, 15) is 9.59 Å². The van der Waals surface area contributed by atoms with Gasteiger partial charge in [0, 0.05) is 16.8 Å². The van der Waals surface area contributed by atoms with E-state index in [4.69, 9.17) is 16.3 Å². The molecule has 5 heteroatoms. The molecule has 4 nitrogen and oxygen atoms in total. The molecule has 2 aromatic carbocycles. The maximum absolute atomic E-state index is 11.9. The first-order chi connectivity index (χ1) is 11.6. The Morgan fingerprint density at radius 1 is 1.17 bits per heavy atom. The number of benzene rings is 2. The van der Waals surface area contributed by atoms with Crippen LogP contribution in [0, 0.1) is 0 Å². The number of carbonyl (C=O) groups excluding carboxylic acids is 2. The van der Waals surface area contributed by atoms with Gasteiger partial charge in [-0.25, -0.2) is 4.79 Å². The predicted molar refractivity (Wildman–Crippen MR) is 95.9 cm³/mol. The lowest BCUT2D eigenvalue weighted by atomic mass is 10.1. The van der Waals surface area contributed by atoms with Gasteiger partial charge in [0.05, 0.1) is 0 Å². The topological polar surface area (TPSA) is 55.4 Å². The van der Waals surface area contributed by atoms with E-state index < -0.39 is 5.97 Å². The summed E-state index contributed by atoms with van der Waals surface area (Å²) in [5, 5.41) is 3.32. The highest BCUT2D eigenvalue weighted by Crippen LogP contribution is 2.15. The van der Waals surface area contributed by atoms with Crippen molar-refractivity contribution >= 4 is 35.2 Å². The van der Waals surface area contributed by atoms with Gasteiger partial charge in [0.1, 0.15) is 0 Å². The fourth-order valence-corrected chi connectivity index (χ4v) is 2.29. The molecule has 0 aliphatic rings. The number of hydrogen-bond acceptors (Lipinski definition) is 3. The number of nitrogens with one attached hydrogen (secondary N) is 1. The minimum Gasteiger partial charge on any atom is -0.452 e. The third-order valence-corrected chi connectivity index (χ3v) is 3.51. The van der Waals surface area contributed by atoms with Crippen molar-refractivity contribution in [2.24, 2.45) is 0 Å². The Hall–Kier alpha value is -2.59. The van der Waals surface area contributed by atoms with Crippen molar-refractivity contribution in [3.63, 3.8) is 0 Å². The molecule has 0 aliphatic carbocycles. The van der Waals surface area contributed by atoms with Crippen LogP contribution in [0.25, 0.3) is 6.08 Å². The molecule has 0 fully saturated rings. The van der Waals surface area contributed by atoms with E-state index in [2.05, 4.69) is 5.32 Å². The molecule has 0 spiro atoms. The molecule has 0 saturated heterocycles. The van der Waals surface area contributed by atoms with E-state index in [1.165, 1.54) is 6.08 Å². The van der Waals surface area contributed by atoms with Gasteiger partial charge >= 0.3 is 5.97 Å². The van der Waals surface area contributed by atoms with Crippen LogP contribution in [0.2, 0.25) is 5.02 Å². The first-order valence-corrected chi connectivity index (χ1v) is 7.94. The molecule has 0 aliphatic heterocycles. The van der Waals surface area contributed by atoms with Crippen molar-refractivity contribution in [3.05, 3.63) is 70.8 Å². The normalized spacial score (nSPS) is 10.6. The molecule has 24 heavy (non-hydrogen) atoms. The van der Waals surface area contributed by atoms with E-state index in [1.807, 2.05) is 37.3 Å². The number of hydrogen-bond donors (Lipinski definition) is 1. The zero-order valence-electron chi connectivity index (χ0n) is 13.3. The van der Waals surface area contributed by atoms with Crippen molar-refractivity contribution in [1.29, 1.82) is 0 Å². The highest BCUT2D eigenvalue weighted by atomic mass is 35.5. The molecule has 0 heterocycles. The highest BCUT2D eigenvalue weighted by Gasteiger charge is 2.07. The molecule has 2 rings (SSSR count). The van der Waals surface area contributed by atoms with Crippen LogP contribution in [0.15, 0.2) is 54.6 Å². The Morgan fingerprint density at radius 3 is 2.71 bits per heavy atom. The van der Waals surface area contributed by atoms with Crippen molar-refractivity contribution in [3.8, 4) is 0 Å². The number of para-hydroxylation sites is 1. The number of halogens is 1. The third kappa shape index (κ3) is 5.56. The molecule has 0 aromatic heterocycles. The smallest absolute Gasteiger partial charge is 0.331 e. The lowest BCUT2D eigenvalue weighted by Gasteiger charge is -2.09. The summed E-state index contributed by atoms with van der Waals surface area (Å²) >= 11 is 5.86. The van der Waals surface area contributed by atoms with E-state index in [1.54, 1.807) is 24.3 Å². The van der Waals surface area contributed by atoms with E-state index >= 15 is 0 Å². The molecule has 0 unspecified atom stereocenters. The molecule has 124 valence electrons. The van der Waals surface area contributed by atoms with Gasteiger partial charge in [-0.15, -0.1) is 0 Å². The molecule has 0 saturated carbocycles. The average molecular weight is 344 g/mol. The lowest BCUT2D eigenvalue weighted by molar-refractivity contribution is -0.142. The molecular formula is C19H18ClNO3. The second-order valence-corrected chi connectivity index (χ2v) is 5.49. The minimum absolute atomic E-state index is 0.337. The van der Waals surface area contributed by atoms with Gasteiger partial charge < -0.3 is 10.1 Å². The van der Waals surface area contributed by atoms with Crippen LogP contribution < -0.4 is 5.32 Å². The summed E-state index contributed by atoms with van der Waals surface area (Å²) in [4.78, 5) is 23.5. The number of ether oxygens (including phenoxy) is 1. The molecule has 0 bridgehead atoms. The average Bonchev–Trinajstić information content (AvgIpc) is 2.58. The monoisotopic (exact) mass is 343 g/mol. The highest BCUT2D eigenvalue weighted by molar-refractivity contribution is 6.30. The summed E-state index contributed by atoms with van der Waals surface area (Å²) in [6.45, 7) is 1.67. The maximum Gasteiger partial charge on any atom is 0.331 e. The van der Waals surface area contributed by atoms with Gasteiger partial charge in [0.15, 0.2) is 6.61 Å². The van der Waals surface area contributed by atoms with Gasteiger partial charge in [0.2, 0.25) is 0 Å². The number of anilines is 1. The first-order valence-electron chi connectivity index (χ1n) is 7.56. The summed E-state index contributed by atoms with van der Waals surface area (Å²) in [6, 6.07) is 14.6. The number of amides is 1. The van der Waals surface area contributed by atoms with Crippen LogP contribution in [0.1, 0.15) is 18.1 Å². The quantitative estimate of drug-likeness (QED) is 0.634. The molecule has 1 N–H and O–H groups in total. The van der Waals surface area contributed by atoms with Crippen molar-refractivity contribution < 1.29 is 14.3 Å². The summed E-state index contributed by atoms with van der Waals surface area (Å²) in [7, 11) is 0. The van der Waals surface area contributed by atoms with Gasteiger partial charge in [0.25, 0.3) is 5.91 Å². The largest absolute Gasteiger partial charge is 0.452 e. The summed E-state index contributed by atoms with van der Waals surface area (Å²) in [5.74, 6) is -0.964. The fourth-order valence-electron chi connectivity index (χ4n) is 2.10.